The predicted molar refractivity (Wildman–Crippen MR) is 74.9 cm³/mol. The maximum absolute atomic E-state index is 12.6. The molecule has 1 N–H and O–H groups in total. The predicted octanol–water partition coefficient (Wildman–Crippen LogP) is 1.20. The zero-order chi connectivity index (χ0) is 13.9. The smallest absolute Gasteiger partial charge is 0.281 e. The summed E-state index contributed by atoms with van der Waals surface area (Å²) in [5.41, 5.74) is 0. The molecule has 19 heavy (non-hydrogen) atoms. The largest absolute Gasteiger partial charge is 0.396 e. The number of rotatable bonds is 6. The Kier molecular flexibility index (Phi) is 5.22. The first-order valence-electron chi connectivity index (χ1n) is 7.41. The summed E-state index contributed by atoms with van der Waals surface area (Å²) < 4.78 is 28.3. The van der Waals surface area contributed by atoms with E-state index in [-0.39, 0.29) is 12.6 Å². The lowest BCUT2D eigenvalue weighted by Gasteiger charge is -2.31. The van der Waals surface area contributed by atoms with Crippen LogP contribution in [0, 0.1) is 5.92 Å². The van der Waals surface area contributed by atoms with Gasteiger partial charge < -0.3 is 5.11 Å². The van der Waals surface area contributed by atoms with Crippen LogP contribution in [0.2, 0.25) is 0 Å². The van der Waals surface area contributed by atoms with Gasteiger partial charge in [-0.1, -0.05) is 12.8 Å². The Labute approximate surface area is 116 Å². The van der Waals surface area contributed by atoms with Crippen molar-refractivity contribution in [3.05, 3.63) is 0 Å². The molecule has 2 fully saturated rings. The molecule has 1 aliphatic carbocycles. The van der Waals surface area contributed by atoms with Crippen LogP contribution in [0.3, 0.4) is 0 Å². The zero-order valence-electron chi connectivity index (χ0n) is 11.8. The monoisotopic (exact) mass is 290 g/mol. The van der Waals surface area contributed by atoms with Crippen LogP contribution >= 0.6 is 0 Å². The topological polar surface area (TPSA) is 60.9 Å². The Hall–Kier alpha value is -0.170. The minimum Gasteiger partial charge on any atom is -0.396 e. The van der Waals surface area contributed by atoms with Gasteiger partial charge in [-0.25, -0.2) is 0 Å². The van der Waals surface area contributed by atoms with Crippen molar-refractivity contribution in [1.82, 2.24) is 8.61 Å². The minimum absolute atomic E-state index is 0.0336. The van der Waals surface area contributed by atoms with E-state index in [0.29, 0.717) is 25.4 Å². The molecule has 1 saturated carbocycles. The third-order valence-electron chi connectivity index (χ3n) is 4.51. The lowest BCUT2D eigenvalue weighted by molar-refractivity contribution is 0.255. The molecule has 1 unspecified atom stereocenters. The van der Waals surface area contributed by atoms with Gasteiger partial charge in [0.2, 0.25) is 0 Å². The highest BCUT2D eigenvalue weighted by molar-refractivity contribution is 7.86. The SMILES string of the molecule is CN(CCCO)S(=O)(=O)N1CCCC1C1CCCC1. The Morgan fingerprint density at radius 3 is 2.53 bits per heavy atom. The summed E-state index contributed by atoms with van der Waals surface area (Å²) in [6.07, 6.45) is 7.34. The Morgan fingerprint density at radius 2 is 1.89 bits per heavy atom. The molecular weight excluding hydrogens is 264 g/mol. The molecule has 6 heteroatoms. The average molecular weight is 290 g/mol. The zero-order valence-corrected chi connectivity index (χ0v) is 12.6. The van der Waals surface area contributed by atoms with Crippen molar-refractivity contribution in [2.75, 3.05) is 26.7 Å². The summed E-state index contributed by atoms with van der Waals surface area (Å²) in [6, 6.07) is 0.212. The highest BCUT2D eigenvalue weighted by Crippen LogP contribution is 2.37. The van der Waals surface area contributed by atoms with Gasteiger partial charge in [0.25, 0.3) is 10.2 Å². The second kappa shape index (κ2) is 6.52. The number of nitrogens with zero attached hydrogens (tertiary/aromatic N) is 2. The van der Waals surface area contributed by atoms with E-state index >= 15 is 0 Å². The first kappa shape index (κ1) is 15.2. The van der Waals surface area contributed by atoms with Gasteiger partial charge in [-0.3, -0.25) is 0 Å². The fraction of sp³-hybridized carbons (Fsp3) is 1.00. The Bertz CT molecular complexity index is 379. The molecule has 0 radical (unpaired) electrons. The van der Waals surface area contributed by atoms with Crippen molar-refractivity contribution in [2.45, 2.75) is 51.0 Å². The fourth-order valence-corrected chi connectivity index (χ4v) is 5.15. The van der Waals surface area contributed by atoms with Crippen molar-refractivity contribution in [2.24, 2.45) is 5.92 Å². The first-order valence-corrected chi connectivity index (χ1v) is 8.81. The summed E-state index contributed by atoms with van der Waals surface area (Å²) in [4.78, 5) is 0. The summed E-state index contributed by atoms with van der Waals surface area (Å²) in [5.74, 6) is 0.559. The van der Waals surface area contributed by atoms with Gasteiger partial charge in [-0.05, 0) is 38.0 Å². The molecule has 0 bridgehead atoms. The highest BCUT2D eigenvalue weighted by atomic mass is 32.2. The molecule has 1 atom stereocenters. The summed E-state index contributed by atoms with van der Waals surface area (Å²) in [7, 11) is -1.72. The van der Waals surface area contributed by atoms with Gasteiger partial charge >= 0.3 is 0 Å². The van der Waals surface area contributed by atoms with E-state index in [1.807, 2.05) is 0 Å². The molecule has 1 aliphatic heterocycles. The number of aliphatic hydroxyl groups excluding tert-OH is 1. The highest BCUT2D eigenvalue weighted by Gasteiger charge is 2.41. The lowest BCUT2D eigenvalue weighted by atomic mass is 9.97. The molecule has 0 amide bonds. The van der Waals surface area contributed by atoms with E-state index in [0.717, 1.165) is 12.8 Å². The fourth-order valence-electron chi connectivity index (χ4n) is 3.45. The third kappa shape index (κ3) is 3.29. The van der Waals surface area contributed by atoms with Gasteiger partial charge in [-0.15, -0.1) is 0 Å². The van der Waals surface area contributed by atoms with Crippen molar-refractivity contribution < 1.29 is 13.5 Å². The molecule has 5 nitrogen and oxygen atoms in total. The second-order valence-electron chi connectivity index (χ2n) is 5.77. The maximum atomic E-state index is 12.6. The van der Waals surface area contributed by atoms with Gasteiger partial charge in [0.15, 0.2) is 0 Å². The number of aliphatic hydroxyl groups is 1. The number of hydrogen-bond donors (Lipinski definition) is 1. The maximum Gasteiger partial charge on any atom is 0.281 e. The summed E-state index contributed by atoms with van der Waals surface area (Å²) in [5, 5.41) is 8.84. The van der Waals surface area contributed by atoms with Gasteiger partial charge in [0, 0.05) is 32.8 Å². The molecule has 2 aliphatic rings. The summed E-state index contributed by atoms with van der Waals surface area (Å²) >= 11 is 0. The Morgan fingerprint density at radius 1 is 1.21 bits per heavy atom. The lowest BCUT2D eigenvalue weighted by Crippen LogP contribution is -2.46. The van der Waals surface area contributed by atoms with Gasteiger partial charge in [-0.2, -0.15) is 17.0 Å². The van der Waals surface area contributed by atoms with Crippen molar-refractivity contribution in [3.63, 3.8) is 0 Å². The van der Waals surface area contributed by atoms with E-state index in [1.165, 1.54) is 30.0 Å². The molecule has 1 saturated heterocycles. The van der Waals surface area contributed by atoms with Crippen molar-refractivity contribution in [1.29, 1.82) is 0 Å². The molecule has 0 aromatic heterocycles. The third-order valence-corrected chi connectivity index (χ3v) is 6.53. The van der Waals surface area contributed by atoms with E-state index in [1.54, 1.807) is 11.4 Å². The second-order valence-corrected chi connectivity index (χ2v) is 7.76. The number of hydrogen-bond acceptors (Lipinski definition) is 3. The molecule has 1 heterocycles. The van der Waals surface area contributed by atoms with Crippen LogP contribution < -0.4 is 0 Å². The van der Waals surface area contributed by atoms with Gasteiger partial charge in [0.05, 0.1) is 0 Å². The first-order chi connectivity index (χ1) is 9.07. The summed E-state index contributed by atoms with van der Waals surface area (Å²) in [6.45, 7) is 1.09. The van der Waals surface area contributed by atoms with Gasteiger partial charge in [0.1, 0.15) is 0 Å². The van der Waals surface area contributed by atoms with E-state index in [4.69, 9.17) is 5.11 Å². The molecule has 0 spiro atoms. The van der Waals surface area contributed by atoms with Crippen LogP contribution in [-0.2, 0) is 10.2 Å². The van der Waals surface area contributed by atoms with Crippen LogP contribution in [0.4, 0.5) is 0 Å². The normalized spacial score (nSPS) is 26.6. The molecule has 0 aromatic carbocycles. The standard InChI is InChI=1S/C13H26N2O3S/c1-14(9-5-11-16)19(17,18)15-10-4-8-13(15)12-6-2-3-7-12/h12-13,16H,2-11H2,1H3. The van der Waals surface area contributed by atoms with Crippen LogP contribution in [0.5, 0.6) is 0 Å². The minimum atomic E-state index is -3.34. The molecule has 112 valence electrons. The van der Waals surface area contributed by atoms with Crippen LogP contribution in [-0.4, -0.2) is 54.9 Å². The van der Waals surface area contributed by atoms with E-state index < -0.39 is 10.2 Å². The van der Waals surface area contributed by atoms with Crippen LogP contribution in [0.25, 0.3) is 0 Å². The van der Waals surface area contributed by atoms with Crippen molar-refractivity contribution >= 4 is 10.2 Å². The Balaban J connectivity index is 2.05. The van der Waals surface area contributed by atoms with Crippen molar-refractivity contribution in [3.8, 4) is 0 Å². The quantitative estimate of drug-likeness (QED) is 0.799. The van der Waals surface area contributed by atoms with E-state index in [2.05, 4.69) is 0 Å². The molecular formula is C13H26N2O3S. The van der Waals surface area contributed by atoms with E-state index in [9.17, 15) is 8.42 Å². The van der Waals surface area contributed by atoms with Crippen LogP contribution in [0.15, 0.2) is 0 Å². The average Bonchev–Trinajstić information content (AvgIpc) is 3.04. The molecule has 2 rings (SSSR count). The molecule has 0 aromatic rings. The van der Waals surface area contributed by atoms with Crippen LogP contribution in [0.1, 0.15) is 44.9 Å².